The Hall–Kier alpha value is -0.260. The van der Waals surface area contributed by atoms with Crippen LogP contribution in [0.5, 0.6) is 0 Å². The maximum absolute atomic E-state index is 2.59. The molecular weight excluding hydrogens is 252 g/mol. The molecule has 2 aliphatic carbocycles. The van der Waals surface area contributed by atoms with Gasteiger partial charge in [0.2, 0.25) is 0 Å². The molecule has 0 bridgehead atoms. The SMILES string of the molecule is CC(C)C1CC(C)C(C)C1C/C=C\C1C(C)CC(C)C1C. The van der Waals surface area contributed by atoms with Crippen molar-refractivity contribution in [2.75, 3.05) is 0 Å². The largest absolute Gasteiger partial charge is 0.0879 e. The van der Waals surface area contributed by atoms with E-state index in [1.54, 1.807) is 0 Å². The van der Waals surface area contributed by atoms with Gasteiger partial charge in [-0.1, -0.05) is 60.6 Å². The van der Waals surface area contributed by atoms with E-state index in [-0.39, 0.29) is 0 Å². The molecule has 0 aliphatic heterocycles. The topological polar surface area (TPSA) is 0 Å². The third kappa shape index (κ3) is 3.57. The fourth-order valence-electron chi connectivity index (χ4n) is 5.40. The number of hydrogen-bond acceptors (Lipinski definition) is 0. The summed E-state index contributed by atoms with van der Waals surface area (Å²) in [5, 5.41) is 0. The van der Waals surface area contributed by atoms with E-state index in [0.717, 1.165) is 53.3 Å². The van der Waals surface area contributed by atoms with Gasteiger partial charge in [0.15, 0.2) is 0 Å². The fourth-order valence-corrected chi connectivity index (χ4v) is 5.40. The Balaban J connectivity index is 1.96. The summed E-state index contributed by atoms with van der Waals surface area (Å²) in [6.45, 7) is 17.2. The molecule has 2 aliphatic rings. The molecule has 0 nitrogen and oxygen atoms in total. The second kappa shape index (κ2) is 6.88. The van der Waals surface area contributed by atoms with Crippen LogP contribution in [-0.2, 0) is 0 Å². The summed E-state index contributed by atoms with van der Waals surface area (Å²) < 4.78 is 0. The first-order valence-electron chi connectivity index (χ1n) is 9.49. The summed E-state index contributed by atoms with van der Waals surface area (Å²) in [6, 6.07) is 0. The van der Waals surface area contributed by atoms with Crippen molar-refractivity contribution in [1.29, 1.82) is 0 Å². The first kappa shape index (κ1) is 17.1. The summed E-state index contributed by atoms with van der Waals surface area (Å²) in [6.07, 6.45) is 9.33. The van der Waals surface area contributed by atoms with Crippen molar-refractivity contribution in [2.24, 2.45) is 53.3 Å². The van der Waals surface area contributed by atoms with E-state index >= 15 is 0 Å². The molecule has 2 fully saturated rings. The van der Waals surface area contributed by atoms with E-state index in [1.807, 2.05) is 0 Å². The van der Waals surface area contributed by atoms with Crippen molar-refractivity contribution in [2.45, 2.75) is 67.7 Å². The van der Waals surface area contributed by atoms with Crippen molar-refractivity contribution in [3.8, 4) is 0 Å². The zero-order chi connectivity index (χ0) is 15.7. The Morgan fingerprint density at radius 3 is 2.00 bits per heavy atom. The zero-order valence-electron chi connectivity index (χ0n) is 15.5. The average Bonchev–Trinajstić information content (AvgIpc) is 2.82. The quantitative estimate of drug-likeness (QED) is 0.524. The van der Waals surface area contributed by atoms with Crippen LogP contribution in [0.15, 0.2) is 12.2 Å². The van der Waals surface area contributed by atoms with Gasteiger partial charge in [-0.2, -0.15) is 0 Å². The van der Waals surface area contributed by atoms with Crippen molar-refractivity contribution >= 4 is 0 Å². The minimum absolute atomic E-state index is 0.826. The lowest BCUT2D eigenvalue weighted by Gasteiger charge is -2.25. The van der Waals surface area contributed by atoms with Crippen molar-refractivity contribution in [3.63, 3.8) is 0 Å². The molecule has 0 radical (unpaired) electrons. The second-order valence-corrected chi connectivity index (χ2v) is 8.93. The number of hydrogen-bond donors (Lipinski definition) is 0. The van der Waals surface area contributed by atoms with Gasteiger partial charge in [-0.05, 0) is 72.5 Å². The van der Waals surface area contributed by atoms with E-state index in [0.29, 0.717) is 0 Å². The van der Waals surface area contributed by atoms with Gasteiger partial charge in [-0.15, -0.1) is 0 Å². The molecule has 8 unspecified atom stereocenters. The molecule has 2 saturated carbocycles. The van der Waals surface area contributed by atoms with Crippen LogP contribution in [0.4, 0.5) is 0 Å². The smallest absolute Gasteiger partial charge is 0.0179 e. The van der Waals surface area contributed by atoms with Gasteiger partial charge in [0, 0.05) is 0 Å². The Labute approximate surface area is 133 Å². The van der Waals surface area contributed by atoms with Gasteiger partial charge in [0.25, 0.3) is 0 Å². The summed E-state index contributed by atoms with van der Waals surface area (Å²) in [5.74, 6) is 8.01. The molecule has 21 heavy (non-hydrogen) atoms. The maximum atomic E-state index is 2.59. The minimum Gasteiger partial charge on any atom is -0.0879 e. The van der Waals surface area contributed by atoms with Crippen LogP contribution in [-0.4, -0.2) is 0 Å². The van der Waals surface area contributed by atoms with Crippen LogP contribution in [0.3, 0.4) is 0 Å². The molecule has 0 aromatic carbocycles. The Bertz CT molecular complexity index is 353. The Morgan fingerprint density at radius 1 is 0.857 bits per heavy atom. The molecule has 0 aromatic rings. The first-order valence-corrected chi connectivity index (χ1v) is 9.49. The normalized spacial score (nSPS) is 47.8. The zero-order valence-corrected chi connectivity index (χ0v) is 15.5. The molecule has 0 amide bonds. The third-order valence-electron chi connectivity index (χ3n) is 7.29. The molecule has 2 rings (SSSR count). The van der Waals surface area contributed by atoms with Crippen molar-refractivity contribution in [3.05, 3.63) is 12.2 Å². The van der Waals surface area contributed by atoms with E-state index in [2.05, 4.69) is 60.6 Å². The van der Waals surface area contributed by atoms with Crippen LogP contribution in [0.1, 0.15) is 67.7 Å². The summed E-state index contributed by atoms with van der Waals surface area (Å²) in [4.78, 5) is 0. The lowest BCUT2D eigenvalue weighted by Crippen LogP contribution is -2.18. The molecule has 0 spiro atoms. The lowest BCUT2D eigenvalue weighted by molar-refractivity contribution is 0.259. The fraction of sp³-hybridized carbons (Fsp3) is 0.905. The lowest BCUT2D eigenvalue weighted by atomic mass is 9.80. The summed E-state index contributed by atoms with van der Waals surface area (Å²) >= 11 is 0. The highest BCUT2D eigenvalue weighted by atomic mass is 14.4. The van der Waals surface area contributed by atoms with Crippen LogP contribution >= 0.6 is 0 Å². The first-order chi connectivity index (χ1) is 9.82. The summed E-state index contributed by atoms with van der Waals surface area (Å²) in [7, 11) is 0. The highest BCUT2D eigenvalue weighted by Crippen LogP contribution is 2.47. The predicted molar refractivity (Wildman–Crippen MR) is 94.1 cm³/mol. The van der Waals surface area contributed by atoms with Crippen LogP contribution in [0.2, 0.25) is 0 Å². The van der Waals surface area contributed by atoms with Gasteiger partial charge in [0.1, 0.15) is 0 Å². The second-order valence-electron chi connectivity index (χ2n) is 8.93. The van der Waals surface area contributed by atoms with E-state index in [1.165, 1.54) is 19.3 Å². The number of rotatable bonds is 4. The highest BCUT2D eigenvalue weighted by Gasteiger charge is 2.39. The van der Waals surface area contributed by atoms with Crippen molar-refractivity contribution < 1.29 is 0 Å². The monoisotopic (exact) mass is 290 g/mol. The van der Waals surface area contributed by atoms with Gasteiger partial charge in [-0.3, -0.25) is 0 Å². The predicted octanol–water partition coefficient (Wildman–Crippen LogP) is 6.43. The average molecular weight is 291 g/mol. The molecule has 122 valence electrons. The maximum Gasteiger partial charge on any atom is -0.0179 e. The molecule has 0 saturated heterocycles. The molecule has 0 heterocycles. The number of allylic oxidation sites excluding steroid dienone is 2. The highest BCUT2D eigenvalue weighted by molar-refractivity contribution is 5.01. The molecule has 8 atom stereocenters. The standard InChI is InChI=1S/C21H38/c1-13(2)21-12-15(4)18(7)20(21)10-8-9-19-16(5)11-14(3)17(19)6/h8-9,13-21H,10-12H2,1-7H3/b9-8-. The molecular formula is C21H38. The van der Waals surface area contributed by atoms with E-state index in [4.69, 9.17) is 0 Å². The van der Waals surface area contributed by atoms with Gasteiger partial charge in [0.05, 0.1) is 0 Å². The summed E-state index contributed by atoms with van der Waals surface area (Å²) in [5.41, 5.74) is 0. The van der Waals surface area contributed by atoms with Gasteiger partial charge in [-0.25, -0.2) is 0 Å². The van der Waals surface area contributed by atoms with Crippen LogP contribution in [0.25, 0.3) is 0 Å². The van der Waals surface area contributed by atoms with Gasteiger partial charge >= 0.3 is 0 Å². The van der Waals surface area contributed by atoms with E-state index < -0.39 is 0 Å². The third-order valence-corrected chi connectivity index (χ3v) is 7.29. The Morgan fingerprint density at radius 2 is 1.48 bits per heavy atom. The minimum atomic E-state index is 0.826. The molecule has 0 N–H and O–H groups in total. The van der Waals surface area contributed by atoms with Crippen LogP contribution < -0.4 is 0 Å². The Kier molecular flexibility index (Phi) is 5.60. The molecule has 0 aromatic heterocycles. The van der Waals surface area contributed by atoms with Crippen LogP contribution in [0, 0.1) is 53.3 Å². The van der Waals surface area contributed by atoms with Crippen molar-refractivity contribution in [1.82, 2.24) is 0 Å². The molecule has 0 heteroatoms. The van der Waals surface area contributed by atoms with Gasteiger partial charge < -0.3 is 0 Å². The van der Waals surface area contributed by atoms with E-state index in [9.17, 15) is 0 Å².